The van der Waals surface area contributed by atoms with E-state index in [0.29, 0.717) is 12.0 Å². The summed E-state index contributed by atoms with van der Waals surface area (Å²) in [4.78, 5) is 2.46. The number of nitrogens with two attached hydrogens (primary N) is 1. The van der Waals surface area contributed by atoms with Crippen LogP contribution in [0, 0.1) is 19.8 Å². The van der Waals surface area contributed by atoms with Gasteiger partial charge < -0.3 is 5.73 Å². The second kappa shape index (κ2) is 6.23. The van der Waals surface area contributed by atoms with E-state index >= 15 is 0 Å². The molecule has 0 spiro atoms. The molecule has 1 aliphatic heterocycles. The van der Waals surface area contributed by atoms with Gasteiger partial charge in [0.25, 0.3) is 0 Å². The van der Waals surface area contributed by atoms with Crippen LogP contribution in [0.5, 0.6) is 0 Å². The van der Waals surface area contributed by atoms with Crippen molar-refractivity contribution in [3.05, 3.63) is 52.8 Å². The van der Waals surface area contributed by atoms with Gasteiger partial charge in [-0.2, -0.15) is 5.10 Å². The number of likely N-dealkylation sites (tertiary alicyclic amines) is 1. The summed E-state index contributed by atoms with van der Waals surface area (Å²) in [6.45, 7) is 10.4. The fourth-order valence-electron chi connectivity index (χ4n) is 3.32. The molecule has 2 heterocycles. The summed E-state index contributed by atoms with van der Waals surface area (Å²) < 4.78 is 2.12. The monoisotopic (exact) mass is 298 g/mol. The molecular formula is C18H26N4. The van der Waals surface area contributed by atoms with Crippen LogP contribution in [-0.4, -0.2) is 33.8 Å². The summed E-state index contributed by atoms with van der Waals surface area (Å²) in [6.07, 6.45) is 0. The highest BCUT2D eigenvalue weighted by atomic mass is 15.3. The normalized spacial score (nSPS) is 22.4. The minimum absolute atomic E-state index is 0.306. The highest BCUT2D eigenvalue weighted by molar-refractivity contribution is 5.26. The Bertz CT molecular complexity index is 622. The van der Waals surface area contributed by atoms with E-state index in [1.165, 1.54) is 16.8 Å². The van der Waals surface area contributed by atoms with Crippen LogP contribution in [-0.2, 0) is 13.1 Å². The first-order valence-corrected chi connectivity index (χ1v) is 8.09. The molecule has 0 amide bonds. The molecule has 3 rings (SSSR count). The van der Waals surface area contributed by atoms with E-state index < -0.39 is 0 Å². The summed E-state index contributed by atoms with van der Waals surface area (Å²) in [5.74, 6) is 0.583. The molecule has 2 aromatic rings. The molecule has 0 saturated carbocycles. The molecule has 4 heteroatoms. The van der Waals surface area contributed by atoms with Crippen molar-refractivity contribution < 1.29 is 0 Å². The van der Waals surface area contributed by atoms with E-state index in [2.05, 4.69) is 54.6 Å². The summed E-state index contributed by atoms with van der Waals surface area (Å²) >= 11 is 0. The highest BCUT2D eigenvalue weighted by Gasteiger charge is 2.27. The predicted octanol–water partition coefficient (Wildman–Crippen LogP) is 2.33. The Morgan fingerprint density at radius 2 is 1.86 bits per heavy atom. The van der Waals surface area contributed by atoms with Crippen molar-refractivity contribution in [2.75, 3.05) is 13.1 Å². The number of rotatable bonds is 4. The van der Waals surface area contributed by atoms with Crippen molar-refractivity contribution in [3.63, 3.8) is 0 Å². The largest absolute Gasteiger partial charge is 0.326 e. The zero-order chi connectivity index (χ0) is 15.7. The van der Waals surface area contributed by atoms with Gasteiger partial charge in [-0.15, -0.1) is 0 Å². The average Bonchev–Trinajstić information content (AvgIpc) is 2.94. The lowest BCUT2D eigenvalue weighted by Gasteiger charge is -2.15. The average molecular weight is 298 g/mol. The van der Waals surface area contributed by atoms with Crippen molar-refractivity contribution in [3.8, 4) is 0 Å². The predicted molar refractivity (Wildman–Crippen MR) is 89.7 cm³/mol. The van der Waals surface area contributed by atoms with Gasteiger partial charge in [0.2, 0.25) is 0 Å². The molecule has 1 aromatic carbocycles. The Morgan fingerprint density at radius 1 is 1.14 bits per heavy atom. The Balaban J connectivity index is 1.76. The zero-order valence-corrected chi connectivity index (χ0v) is 13.8. The fraction of sp³-hybridized carbons (Fsp3) is 0.500. The maximum atomic E-state index is 6.14. The van der Waals surface area contributed by atoms with Gasteiger partial charge in [0.1, 0.15) is 0 Å². The van der Waals surface area contributed by atoms with E-state index in [-0.39, 0.29) is 0 Å². The summed E-state index contributed by atoms with van der Waals surface area (Å²) in [5.41, 5.74) is 11.2. The molecule has 22 heavy (non-hydrogen) atoms. The van der Waals surface area contributed by atoms with Gasteiger partial charge in [0.05, 0.1) is 12.2 Å². The van der Waals surface area contributed by atoms with Gasteiger partial charge >= 0.3 is 0 Å². The number of hydrogen-bond donors (Lipinski definition) is 1. The Kier molecular flexibility index (Phi) is 4.32. The smallest absolute Gasteiger partial charge is 0.0662 e. The third kappa shape index (κ3) is 3.08. The quantitative estimate of drug-likeness (QED) is 0.942. The van der Waals surface area contributed by atoms with Crippen LogP contribution >= 0.6 is 0 Å². The van der Waals surface area contributed by atoms with Gasteiger partial charge in [0.15, 0.2) is 0 Å². The molecule has 1 aliphatic rings. The molecule has 0 aliphatic carbocycles. The zero-order valence-electron chi connectivity index (χ0n) is 13.8. The van der Waals surface area contributed by atoms with Gasteiger partial charge in [0, 0.05) is 36.9 Å². The third-order valence-electron chi connectivity index (χ3n) is 4.83. The summed E-state index contributed by atoms with van der Waals surface area (Å²) in [7, 11) is 0. The molecule has 2 unspecified atom stereocenters. The summed E-state index contributed by atoms with van der Waals surface area (Å²) in [5, 5.41) is 4.74. The first-order chi connectivity index (χ1) is 10.5. The molecular weight excluding hydrogens is 272 g/mol. The van der Waals surface area contributed by atoms with Crippen LogP contribution in [0.15, 0.2) is 30.3 Å². The number of benzene rings is 1. The molecule has 118 valence electrons. The SMILES string of the molecule is Cc1nn(Cc2ccccc2)c(C)c1CN1CC(C)C(N)C1. The summed E-state index contributed by atoms with van der Waals surface area (Å²) in [6, 6.07) is 10.8. The van der Waals surface area contributed by atoms with Crippen LogP contribution in [0.3, 0.4) is 0 Å². The minimum Gasteiger partial charge on any atom is -0.326 e. The van der Waals surface area contributed by atoms with E-state index in [0.717, 1.165) is 31.9 Å². The van der Waals surface area contributed by atoms with E-state index in [4.69, 9.17) is 10.8 Å². The third-order valence-corrected chi connectivity index (χ3v) is 4.83. The maximum absolute atomic E-state index is 6.14. The maximum Gasteiger partial charge on any atom is 0.0662 e. The molecule has 0 bridgehead atoms. The Labute approximate surface area is 132 Å². The number of aryl methyl sites for hydroxylation is 1. The second-order valence-electron chi connectivity index (χ2n) is 6.63. The lowest BCUT2D eigenvalue weighted by molar-refractivity contribution is 0.317. The van der Waals surface area contributed by atoms with Gasteiger partial charge in [-0.3, -0.25) is 9.58 Å². The first kappa shape index (κ1) is 15.3. The van der Waals surface area contributed by atoms with Gasteiger partial charge in [-0.25, -0.2) is 0 Å². The Hall–Kier alpha value is -1.65. The van der Waals surface area contributed by atoms with E-state index in [1.54, 1.807) is 0 Å². The van der Waals surface area contributed by atoms with Crippen molar-refractivity contribution in [1.29, 1.82) is 0 Å². The minimum atomic E-state index is 0.306. The topological polar surface area (TPSA) is 47.1 Å². The first-order valence-electron chi connectivity index (χ1n) is 8.09. The van der Waals surface area contributed by atoms with Gasteiger partial charge in [-0.05, 0) is 25.3 Å². The number of nitrogens with zero attached hydrogens (tertiary/aromatic N) is 3. The standard InChI is InChI=1S/C18H26N4/c1-13-9-21(12-18(13)19)11-17-14(2)20-22(15(17)3)10-16-7-5-4-6-8-16/h4-8,13,18H,9-12,19H2,1-3H3. The van der Waals surface area contributed by atoms with E-state index in [1.807, 2.05) is 6.07 Å². The van der Waals surface area contributed by atoms with Crippen LogP contribution in [0.2, 0.25) is 0 Å². The van der Waals surface area contributed by atoms with Crippen molar-refractivity contribution in [2.24, 2.45) is 11.7 Å². The van der Waals surface area contributed by atoms with Gasteiger partial charge in [-0.1, -0.05) is 37.3 Å². The van der Waals surface area contributed by atoms with Crippen LogP contribution in [0.1, 0.15) is 29.4 Å². The Morgan fingerprint density at radius 3 is 2.50 bits per heavy atom. The molecule has 1 fully saturated rings. The number of aromatic nitrogens is 2. The number of hydrogen-bond acceptors (Lipinski definition) is 3. The molecule has 4 nitrogen and oxygen atoms in total. The highest BCUT2D eigenvalue weighted by Crippen LogP contribution is 2.21. The van der Waals surface area contributed by atoms with Crippen molar-refractivity contribution in [1.82, 2.24) is 14.7 Å². The molecule has 2 atom stereocenters. The molecule has 1 saturated heterocycles. The molecule has 0 radical (unpaired) electrons. The molecule has 2 N–H and O–H groups in total. The lowest BCUT2D eigenvalue weighted by Crippen LogP contribution is -2.28. The fourth-order valence-corrected chi connectivity index (χ4v) is 3.32. The van der Waals surface area contributed by atoms with E-state index in [9.17, 15) is 0 Å². The van der Waals surface area contributed by atoms with Crippen molar-refractivity contribution >= 4 is 0 Å². The van der Waals surface area contributed by atoms with Crippen LogP contribution < -0.4 is 5.73 Å². The van der Waals surface area contributed by atoms with Crippen molar-refractivity contribution in [2.45, 2.75) is 39.9 Å². The van der Waals surface area contributed by atoms with Crippen LogP contribution in [0.4, 0.5) is 0 Å². The lowest BCUT2D eigenvalue weighted by atomic mass is 10.1. The molecule has 1 aromatic heterocycles. The second-order valence-corrected chi connectivity index (χ2v) is 6.63. The van der Waals surface area contributed by atoms with Crippen LogP contribution in [0.25, 0.3) is 0 Å².